The highest BCUT2D eigenvalue weighted by molar-refractivity contribution is 6.29. The molecule has 2 rings (SSSR count). The van der Waals surface area contributed by atoms with Crippen molar-refractivity contribution in [3.8, 4) is 11.6 Å². The van der Waals surface area contributed by atoms with Gasteiger partial charge in [0.05, 0.1) is 6.61 Å². The summed E-state index contributed by atoms with van der Waals surface area (Å²) in [5, 5.41) is 0.350. The summed E-state index contributed by atoms with van der Waals surface area (Å²) in [5.74, 6) is 1.75. The van der Waals surface area contributed by atoms with Crippen LogP contribution in [0.5, 0.6) is 11.6 Å². The van der Waals surface area contributed by atoms with Crippen molar-refractivity contribution in [1.82, 2.24) is 9.97 Å². The first kappa shape index (κ1) is 14.6. The van der Waals surface area contributed by atoms with Crippen LogP contribution in [-0.4, -0.2) is 16.6 Å². The standard InChI is InChI=1S/C15H17ClN2O2/c1-3-11-5-7-12(8-6-11)20-10-14-17-13(16)9-15(18-14)19-4-2/h5-9H,3-4,10H2,1-2H3. The minimum absolute atomic E-state index is 0.256. The first-order chi connectivity index (χ1) is 9.71. The third-order valence-corrected chi connectivity index (χ3v) is 2.90. The molecular formula is C15H17ClN2O2. The van der Waals surface area contributed by atoms with E-state index in [0.717, 1.165) is 12.2 Å². The van der Waals surface area contributed by atoms with Crippen LogP contribution in [-0.2, 0) is 13.0 Å². The van der Waals surface area contributed by atoms with Crippen LogP contribution < -0.4 is 9.47 Å². The van der Waals surface area contributed by atoms with Crippen LogP contribution >= 0.6 is 11.6 Å². The fourth-order valence-corrected chi connectivity index (χ4v) is 1.89. The highest BCUT2D eigenvalue weighted by atomic mass is 35.5. The van der Waals surface area contributed by atoms with E-state index in [4.69, 9.17) is 21.1 Å². The number of ether oxygens (including phenoxy) is 2. The molecule has 0 amide bonds. The largest absolute Gasteiger partial charge is 0.486 e. The number of halogens is 1. The summed E-state index contributed by atoms with van der Waals surface area (Å²) in [6.07, 6.45) is 1.01. The van der Waals surface area contributed by atoms with Crippen molar-refractivity contribution in [3.05, 3.63) is 46.9 Å². The molecule has 0 bridgehead atoms. The Morgan fingerprint density at radius 2 is 1.80 bits per heavy atom. The molecule has 0 aliphatic rings. The molecule has 0 aliphatic heterocycles. The molecule has 106 valence electrons. The summed E-state index contributed by atoms with van der Waals surface area (Å²) in [6.45, 7) is 4.80. The Balaban J connectivity index is 2.02. The molecule has 1 heterocycles. The number of benzene rings is 1. The molecule has 5 heteroatoms. The number of hydrogen-bond acceptors (Lipinski definition) is 4. The predicted octanol–water partition coefficient (Wildman–Crippen LogP) is 3.67. The lowest BCUT2D eigenvalue weighted by Gasteiger charge is -2.08. The minimum Gasteiger partial charge on any atom is -0.486 e. The SMILES string of the molecule is CCOc1cc(Cl)nc(COc2ccc(CC)cc2)n1. The van der Waals surface area contributed by atoms with Crippen molar-refractivity contribution in [3.63, 3.8) is 0 Å². The van der Waals surface area contributed by atoms with Gasteiger partial charge in [0, 0.05) is 6.07 Å². The molecule has 20 heavy (non-hydrogen) atoms. The van der Waals surface area contributed by atoms with E-state index < -0.39 is 0 Å². The predicted molar refractivity (Wildman–Crippen MR) is 78.4 cm³/mol. The molecule has 0 spiro atoms. The second-order valence-electron chi connectivity index (χ2n) is 4.16. The molecule has 0 radical (unpaired) electrons. The first-order valence-corrected chi connectivity index (χ1v) is 6.97. The van der Waals surface area contributed by atoms with Gasteiger partial charge in [0.25, 0.3) is 0 Å². The second-order valence-corrected chi connectivity index (χ2v) is 4.55. The summed E-state index contributed by atoms with van der Waals surface area (Å²) in [5.41, 5.74) is 1.27. The summed E-state index contributed by atoms with van der Waals surface area (Å²) in [6, 6.07) is 9.55. The molecule has 0 aliphatic carbocycles. The summed E-state index contributed by atoms with van der Waals surface area (Å²) in [7, 11) is 0. The van der Waals surface area contributed by atoms with E-state index in [1.54, 1.807) is 6.07 Å². The van der Waals surface area contributed by atoms with Crippen molar-refractivity contribution in [1.29, 1.82) is 0 Å². The fraction of sp³-hybridized carbons (Fsp3) is 0.333. The molecule has 2 aromatic rings. The molecule has 0 saturated carbocycles. The third-order valence-electron chi connectivity index (χ3n) is 2.71. The molecule has 0 N–H and O–H groups in total. The van der Waals surface area contributed by atoms with Crippen molar-refractivity contribution in [2.75, 3.05) is 6.61 Å². The van der Waals surface area contributed by atoms with Crippen LogP contribution in [0.15, 0.2) is 30.3 Å². The Morgan fingerprint density at radius 3 is 2.45 bits per heavy atom. The fourth-order valence-electron chi connectivity index (χ4n) is 1.70. The Morgan fingerprint density at radius 1 is 1.05 bits per heavy atom. The van der Waals surface area contributed by atoms with E-state index in [9.17, 15) is 0 Å². The van der Waals surface area contributed by atoms with Gasteiger partial charge in [-0.15, -0.1) is 0 Å². The topological polar surface area (TPSA) is 44.2 Å². The zero-order valence-corrected chi connectivity index (χ0v) is 12.4. The number of hydrogen-bond donors (Lipinski definition) is 0. The van der Waals surface area contributed by atoms with E-state index in [1.165, 1.54) is 5.56 Å². The van der Waals surface area contributed by atoms with Gasteiger partial charge < -0.3 is 9.47 Å². The maximum atomic E-state index is 5.92. The van der Waals surface area contributed by atoms with Gasteiger partial charge in [-0.3, -0.25) is 0 Å². The van der Waals surface area contributed by atoms with Crippen LogP contribution in [0.2, 0.25) is 5.15 Å². The number of rotatable bonds is 6. The third kappa shape index (κ3) is 4.10. The molecule has 1 aromatic carbocycles. The Kier molecular flexibility index (Phi) is 5.18. The van der Waals surface area contributed by atoms with Gasteiger partial charge in [-0.25, -0.2) is 4.98 Å². The molecule has 0 fully saturated rings. The van der Waals surface area contributed by atoms with Crippen molar-refractivity contribution in [2.45, 2.75) is 26.9 Å². The van der Waals surface area contributed by atoms with Gasteiger partial charge in [0.2, 0.25) is 5.88 Å². The highest BCUT2D eigenvalue weighted by Crippen LogP contribution is 2.17. The van der Waals surface area contributed by atoms with Gasteiger partial charge in [-0.2, -0.15) is 4.98 Å². The molecule has 4 nitrogen and oxygen atoms in total. The van der Waals surface area contributed by atoms with Crippen LogP contribution in [0.3, 0.4) is 0 Å². The van der Waals surface area contributed by atoms with Crippen molar-refractivity contribution >= 4 is 11.6 Å². The van der Waals surface area contributed by atoms with Crippen molar-refractivity contribution < 1.29 is 9.47 Å². The molecule has 1 aromatic heterocycles. The van der Waals surface area contributed by atoms with E-state index in [0.29, 0.717) is 23.5 Å². The lowest BCUT2D eigenvalue weighted by molar-refractivity contribution is 0.286. The smallest absolute Gasteiger partial charge is 0.218 e. The second kappa shape index (κ2) is 7.10. The van der Waals surface area contributed by atoms with Gasteiger partial charge in [0.1, 0.15) is 17.5 Å². The van der Waals surface area contributed by atoms with Crippen molar-refractivity contribution in [2.24, 2.45) is 0 Å². The van der Waals surface area contributed by atoms with Crippen LogP contribution in [0, 0.1) is 0 Å². The number of nitrogens with zero attached hydrogens (tertiary/aromatic N) is 2. The molecular weight excluding hydrogens is 276 g/mol. The molecule has 0 atom stereocenters. The Labute approximate surface area is 123 Å². The van der Waals surface area contributed by atoms with E-state index in [2.05, 4.69) is 16.9 Å². The Hall–Kier alpha value is -1.81. The Bertz CT molecular complexity index is 558. The van der Waals surface area contributed by atoms with E-state index in [1.807, 2.05) is 31.2 Å². The van der Waals surface area contributed by atoms with E-state index >= 15 is 0 Å². The average molecular weight is 293 g/mol. The maximum absolute atomic E-state index is 5.92. The van der Waals surface area contributed by atoms with Crippen LogP contribution in [0.4, 0.5) is 0 Å². The monoisotopic (exact) mass is 292 g/mol. The lowest BCUT2D eigenvalue weighted by Crippen LogP contribution is -2.04. The normalized spacial score (nSPS) is 10.3. The van der Waals surface area contributed by atoms with Crippen LogP contribution in [0.25, 0.3) is 0 Å². The average Bonchev–Trinajstić information content (AvgIpc) is 2.45. The first-order valence-electron chi connectivity index (χ1n) is 6.59. The molecule has 0 saturated heterocycles. The van der Waals surface area contributed by atoms with Gasteiger partial charge in [-0.1, -0.05) is 30.7 Å². The zero-order valence-electron chi connectivity index (χ0n) is 11.6. The summed E-state index contributed by atoms with van der Waals surface area (Å²) >= 11 is 5.92. The van der Waals surface area contributed by atoms with Gasteiger partial charge >= 0.3 is 0 Å². The number of aromatic nitrogens is 2. The lowest BCUT2D eigenvalue weighted by atomic mass is 10.2. The maximum Gasteiger partial charge on any atom is 0.218 e. The number of aryl methyl sites for hydroxylation is 1. The quantitative estimate of drug-likeness (QED) is 0.762. The zero-order chi connectivity index (χ0) is 14.4. The van der Waals surface area contributed by atoms with Crippen LogP contribution in [0.1, 0.15) is 25.2 Å². The van der Waals surface area contributed by atoms with Gasteiger partial charge in [-0.05, 0) is 31.0 Å². The van der Waals surface area contributed by atoms with Gasteiger partial charge in [0.15, 0.2) is 5.82 Å². The van der Waals surface area contributed by atoms with E-state index in [-0.39, 0.29) is 6.61 Å². The highest BCUT2D eigenvalue weighted by Gasteiger charge is 2.05. The summed E-state index contributed by atoms with van der Waals surface area (Å²) in [4.78, 5) is 8.34. The summed E-state index contributed by atoms with van der Waals surface area (Å²) < 4.78 is 11.0. The molecule has 0 unspecified atom stereocenters. The minimum atomic E-state index is 0.256.